The molecule has 0 aliphatic carbocycles. The Bertz CT molecular complexity index is 1230. The van der Waals surface area contributed by atoms with Gasteiger partial charge in [-0.2, -0.15) is 0 Å². The summed E-state index contributed by atoms with van der Waals surface area (Å²) in [5, 5.41) is -0.116. The third-order valence-corrected chi connectivity index (χ3v) is 6.02. The highest BCUT2D eigenvalue weighted by Gasteiger charge is 2.23. The number of H-pyrrole nitrogens is 2. The number of aromatic nitrogens is 3. The van der Waals surface area contributed by atoms with E-state index in [2.05, 4.69) is 14.7 Å². The molecule has 28 heavy (non-hydrogen) atoms. The van der Waals surface area contributed by atoms with Gasteiger partial charge in [0.2, 0.25) is 0 Å². The van der Waals surface area contributed by atoms with Crippen molar-refractivity contribution in [1.82, 2.24) is 15.0 Å². The van der Waals surface area contributed by atoms with E-state index < -0.39 is 32.1 Å². The predicted octanol–water partition coefficient (Wildman–Crippen LogP) is 0.986. The molecule has 2 aromatic heterocycles. The Morgan fingerprint density at radius 3 is 2.64 bits per heavy atom. The molecule has 146 valence electrons. The number of aryl methyl sites for hydroxylation is 1. The number of carbonyl (C=O) groups is 1. The van der Waals surface area contributed by atoms with Crippen LogP contribution in [0.15, 0.2) is 51.0 Å². The third kappa shape index (κ3) is 4.35. The smallest absolute Gasteiger partial charge is 0.350 e. The van der Waals surface area contributed by atoms with Crippen molar-refractivity contribution in [2.24, 2.45) is 0 Å². The fourth-order valence-corrected chi connectivity index (χ4v) is 4.29. The lowest BCUT2D eigenvalue weighted by atomic mass is 10.2. The van der Waals surface area contributed by atoms with Gasteiger partial charge >= 0.3 is 11.7 Å². The number of benzene rings is 1. The van der Waals surface area contributed by atoms with Gasteiger partial charge in [-0.25, -0.2) is 23.0 Å². The van der Waals surface area contributed by atoms with Gasteiger partial charge in [-0.1, -0.05) is 41.7 Å². The first-order chi connectivity index (χ1) is 13.3. The highest BCUT2D eigenvalue weighted by Crippen LogP contribution is 2.25. The molecule has 3 aromatic rings. The highest BCUT2D eigenvalue weighted by atomic mass is 32.2. The molecule has 0 bridgehead atoms. The lowest BCUT2D eigenvalue weighted by molar-refractivity contribution is 0.0477. The van der Waals surface area contributed by atoms with Crippen LogP contribution in [0.1, 0.15) is 20.9 Å². The first-order valence-corrected chi connectivity index (χ1v) is 10.1. The molecule has 0 spiro atoms. The number of sulfonamides is 1. The minimum atomic E-state index is -4.31. The second kappa shape index (κ2) is 7.78. The summed E-state index contributed by atoms with van der Waals surface area (Å²) in [6, 6.07) is 9.06. The fourth-order valence-electron chi connectivity index (χ4n) is 2.19. The maximum absolute atomic E-state index is 12.3. The van der Waals surface area contributed by atoms with Gasteiger partial charge in [-0.05, 0) is 12.5 Å². The summed E-state index contributed by atoms with van der Waals surface area (Å²) in [6.07, 6.45) is 0.777. The van der Waals surface area contributed by atoms with E-state index in [9.17, 15) is 22.8 Å². The van der Waals surface area contributed by atoms with E-state index in [1.54, 1.807) is 12.1 Å². The summed E-state index contributed by atoms with van der Waals surface area (Å²) < 4.78 is 32.0. The fraction of sp³-hybridized carbons (Fsp3) is 0.125. The summed E-state index contributed by atoms with van der Waals surface area (Å²) >= 11 is 0.773. The van der Waals surface area contributed by atoms with Crippen molar-refractivity contribution < 1.29 is 17.9 Å². The largest absolute Gasteiger partial charge is 0.457 e. The molecule has 0 amide bonds. The van der Waals surface area contributed by atoms with Crippen molar-refractivity contribution >= 4 is 32.5 Å². The normalized spacial score (nSPS) is 11.2. The number of anilines is 1. The van der Waals surface area contributed by atoms with Crippen LogP contribution in [0.2, 0.25) is 0 Å². The van der Waals surface area contributed by atoms with E-state index >= 15 is 0 Å². The molecular formula is C16H14N4O6S2. The van der Waals surface area contributed by atoms with Crippen LogP contribution in [-0.4, -0.2) is 29.3 Å². The van der Waals surface area contributed by atoms with Crippen LogP contribution in [0.3, 0.4) is 0 Å². The van der Waals surface area contributed by atoms with Gasteiger partial charge in [0.05, 0.1) is 5.69 Å². The van der Waals surface area contributed by atoms with E-state index in [0.717, 1.165) is 23.1 Å². The molecule has 2 heterocycles. The van der Waals surface area contributed by atoms with Crippen molar-refractivity contribution in [2.75, 3.05) is 4.72 Å². The zero-order valence-electron chi connectivity index (χ0n) is 14.4. The number of carbonyl (C=O) groups excluding carboxylic acids is 1. The molecule has 0 aliphatic heterocycles. The maximum Gasteiger partial charge on any atom is 0.350 e. The molecule has 0 atom stereocenters. The average Bonchev–Trinajstić information content (AvgIpc) is 2.99. The van der Waals surface area contributed by atoms with Crippen LogP contribution in [0.5, 0.6) is 0 Å². The number of hydrogen-bond donors (Lipinski definition) is 3. The summed E-state index contributed by atoms with van der Waals surface area (Å²) in [5.74, 6) is -0.647. The zero-order valence-corrected chi connectivity index (χ0v) is 16.0. The number of ether oxygens (including phenoxy) is 1. The molecule has 12 heteroatoms. The Morgan fingerprint density at radius 2 is 1.96 bits per heavy atom. The predicted molar refractivity (Wildman–Crippen MR) is 101 cm³/mol. The Hall–Kier alpha value is -3.25. The quantitative estimate of drug-likeness (QED) is 0.501. The molecule has 0 radical (unpaired) electrons. The molecule has 10 nitrogen and oxygen atoms in total. The van der Waals surface area contributed by atoms with Crippen molar-refractivity contribution in [2.45, 2.75) is 18.4 Å². The van der Waals surface area contributed by atoms with Gasteiger partial charge in [0, 0.05) is 6.20 Å². The lowest BCUT2D eigenvalue weighted by Crippen LogP contribution is -2.29. The average molecular weight is 422 g/mol. The highest BCUT2D eigenvalue weighted by molar-refractivity contribution is 7.93. The molecule has 0 unspecified atom stereocenters. The van der Waals surface area contributed by atoms with Crippen molar-refractivity contribution in [3.05, 3.63) is 73.5 Å². The minimum absolute atomic E-state index is 0.0603. The van der Waals surface area contributed by atoms with Gasteiger partial charge in [-0.3, -0.25) is 14.5 Å². The molecule has 0 saturated carbocycles. The molecular weight excluding hydrogens is 408 g/mol. The van der Waals surface area contributed by atoms with E-state index in [1.165, 1.54) is 6.92 Å². The van der Waals surface area contributed by atoms with Crippen LogP contribution in [0.25, 0.3) is 0 Å². The number of rotatable bonds is 6. The minimum Gasteiger partial charge on any atom is -0.457 e. The maximum atomic E-state index is 12.3. The summed E-state index contributed by atoms with van der Waals surface area (Å²) in [6.45, 7) is 1.59. The summed E-state index contributed by atoms with van der Waals surface area (Å²) in [5.41, 5.74) is -0.836. The standard InChI is InChI=1S/C16H14N4O6S2/c1-9-12(14(22)26-8-10-5-3-2-4-6-10)27-16(18-9)20-28(24,25)11-7-17-15(23)19-13(11)21/h2-7H,8H2,1H3,(H,18,20)(H2,17,19,21,23). The lowest BCUT2D eigenvalue weighted by Gasteiger charge is -2.04. The van der Waals surface area contributed by atoms with Gasteiger partial charge in [-0.15, -0.1) is 0 Å². The van der Waals surface area contributed by atoms with Crippen LogP contribution >= 0.6 is 11.3 Å². The Kier molecular flexibility index (Phi) is 5.42. The van der Waals surface area contributed by atoms with Gasteiger partial charge in [0.1, 0.15) is 11.5 Å². The van der Waals surface area contributed by atoms with E-state index in [1.807, 2.05) is 23.2 Å². The molecule has 0 aliphatic rings. The summed E-state index contributed by atoms with van der Waals surface area (Å²) in [4.78, 5) is 42.3. The Morgan fingerprint density at radius 1 is 1.25 bits per heavy atom. The van der Waals surface area contributed by atoms with Crippen LogP contribution in [0, 0.1) is 6.92 Å². The molecule has 0 saturated heterocycles. The monoisotopic (exact) mass is 422 g/mol. The number of hydrogen-bond acceptors (Lipinski definition) is 8. The van der Waals surface area contributed by atoms with E-state index in [4.69, 9.17) is 4.74 Å². The van der Waals surface area contributed by atoms with E-state index in [-0.39, 0.29) is 22.3 Å². The van der Waals surface area contributed by atoms with Gasteiger partial charge in [0.15, 0.2) is 10.0 Å². The molecule has 0 fully saturated rings. The number of esters is 1. The second-order valence-corrected chi connectivity index (χ2v) is 8.19. The SMILES string of the molecule is Cc1nc(NS(=O)(=O)c2c[nH]c(=O)[nH]c2=O)sc1C(=O)OCc1ccccc1. The van der Waals surface area contributed by atoms with Crippen LogP contribution in [0.4, 0.5) is 5.13 Å². The topological polar surface area (TPSA) is 151 Å². The number of aromatic amines is 2. The number of nitrogens with zero attached hydrogens (tertiary/aromatic N) is 1. The van der Waals surface area contributed by atoms with Crippen molar-refractivity contribution in [3.8, 4) is 0 Å². The number of thiazole rings is 1. The Labute approximate surface area is 162 Å². The van der Waals surface area contributed by atoms with E-state index in [0.29, 0.717) is 0 Å². The molecule has 1 aromatic carbocycles. The third-order valence-electron chi connectivity index (χ3n) is 3.49. The zero-order chi connectivity index (χ0) is 20.3. The van der Waals surface area contributed by atoms with Gasteiger partial charge < -0.3 is 9.72 Å². The van der Waals surface area contributed by atoms with Crippen LogP contribution < -0.4 is 16.0 Å². The van der Waals surface area contributed by atoms with Crippen LogP contribution in [-0.2, 0) is 21.4 Å². The number of nitrogens with one attached hydrogen (secondary N) is 3. The van der Waals surface area contributed by atoms with Crippen molar-refractivity contribution in [1.29, 1.82) is 0 Å². The van der Waals surface area contributed by atoms with Gasteiger partial charge in [0.25, 0.3) is 15.6 Å². The molecule has 3 N–H and O–H groups in total. The summed E-state index contributed by atoms with van der Waals surface area (Å²) in [7, 11) is -4.31. The Balaban J connectivity index is 1.77. The molecule has 3 rings (SSSR count). The second-order valence-electron chi connectivity index (χ2n) is 5.54. The van der Waals surface area contributed by atoms with Crippen molar-refractivity contribution in [3.63, 3.8) is 0 Å². The first-order valence-electron chi connectivity index (χ1n) is 7.79. The first kappa shape index (κ1) is 19.5.